The number of methoxy groups -OCH3 is 1. The van der Waals surface area contributed by atoms with E-state index in [-0.39, 0.29) is 5.56 Å². The molecule has 42 heavy (non-hydrogen) atoms. The Hall–Kier alpha value is -4.52. The van der Waals surface area contributed by atoms with Crippen molar-refractivity contribution in [1.29, 1.82) is 0 Å². The van der Waals surface area contributed by atoms with Gasteiger partial charge < -0.3 is 19.1 Å². The van der Waals surface area contributed by atoms with Crippen molar-refractivity contribution in [1.82, 2.24) is 9.55 Å². The van der Waals surface area contributed by atoms with Crippen LogP contribution in [0.25, 0.3) is 34.5 Å². The number of carbonyl (C=O) groups is 1. The highest BCUT2D eigenvalue weighted by atomic mass is 35.5. The average molecular weight is 600 g/mol. The van der Waals surface area contributed by atoms with Gasteiger partial charge >= 0.3 is 5.97 Å². The number of ether oxygens (including phenoxy) is 2. The maximum absolute atomic E-state index is 11.3. The molecule has 0 aliphatic rings. The van der Waals surface area contributed by atoms with E-state index in [0.29, 0.717) is 34.7 Å². The summed E-state index contributed by atoms with van der Waals surface area (Å²) < 4.78 is 13.2. The highest BCUT2D eigenvalue weighted by molar-refractivity contribution is 6.36. The van der Waals surface area contributed by atoms with E-state index in [4.69, 9.17) is 37.7 Å². The molecular weight excluding hydrogens is 571 g/mol. The van der Waals surface area contributed by atoms with Crippen LogP contribution in [-0.2, 0) is 6.54 Å². The number of rotatable bonds is 10. The first-order valence-corrected chi connectivity index (χ1v) is 14.0. The number of aromatic nitrogens is 2. The lowest BCUT2D eigenvalue weighted by Crippen LogP contribution is -2.02. The van der Waals surface area contributed by atoms with E-state index >= 15 is 0 Å². The molecule has 1 N–H and O–H groups in total. The summed E-state index contributed by atoms with van der Waals surface area (Å²) in [5.41, 5.74) is 5.58. The van der Waals surface area contributed by atoms with Crippen LogP contribution in [0.5, 0.6) is 11.5 Å². The van der Waals surface area contributed by atoms with Gasteiger partial charge in [0.25, 0.3) is 0 Å². The van der Waals surface area contributed by atoms with Crippen molar-refractivity contribution in [3.05, 3.63) is 124 Å². The molecule has 212 valence electrons. The Labute approximate surface area is 254 Å². The summed E-state index contributed by atoms with van der Waals surface area (Å²) in [6.07, 6.45) is 5.82. The standard InChI is InChI=1S/C34H28Cl2N2O4/c1-3-42-28-13-8-23(9-14-28)25-10-16-32(41-2)26(18-25)11-17-33-37-31(29-15-12-27(35)19-30(29)36)21-38(33)20-22-4-6-24(7-5-22)34(39)40/h4-19,21H,3,20H2,1-2H3,(H,39,40). The third kappa shape index (κ3) is 6.68. The zero-order valence-electron chi connectivity index (χ0n) is 23.1. The van der Waals surface area contributed by atoms with E-state index in [1.807, 2.05) is 72.3 Å². The summed E-state index contributed by atoms with van der Waals surface area (Å²) in [5.74, 6) is 1.28. The molecule has 0 aliphatic heterocycles. The Kier molecular flexibility index (Phi) is 8.96. The van der Waals surface area contributed by atoms with Gasteiger partial charge in [-0.3, -0.25) is 0 Å². The number of halogens is 2. The number of benzene rings is 4. The molecule has 4 aromatic carbocycles. The van der Waals surface area contributed by atoms with Gasteiger partial charge in [0, 0.05) is 28.9 Å². The van der Waals surface area contributed by atoms with E-state index < -0.39 is 5.97 Å². The zero-order chi connectivity index (χ0) is 29.6. The number of hydrogen-bond donors (Lipinski definition) is 1. The topological polar surface area (TPSA) is 73.6 Å². The summed E-state index contributed by atoms with van der Waals surface area (Å²) in [5, 5.41) is 10.3. The molecular formula is C34H28Cl2N2O4. The molecule has 6 nitrogen and oxygen atoms in total. The lowest BCUT2D eigenvalue weighted by Gasteiger charge is -2.10. The largest absolute Gasteiger partial charge is 0.496 e. The molecule has 0 amide bonds. The minimum absolute atomic E-state index is 0.234. The number of aromatic carboxylic acids is 1. The van der Waals surface area contributed by atoms with Crippen molar-refractivity contribution < 1.29 is 19.4 Å². The SMILES string of the molecule is CCOc1ccc(-c2ccc(OC)c(C=Cc3nc(-c4ccc(Cl)cc4Cl)cn3Cc3ccc(C(=O)O)cc3)c2)cc1. The maximum atomic E-state index is 11.3. The summed E-state index contributed by atoms with van der Waals surface area (Å²) in [6.45, 7) is 3.05. The fourth-order valence-corrected chi connectivity index (χ4v) is 5.09. The fourth-order valence-electron chi connectivity index (χ4n) is 4.59. The zero-order valence-corrected chi connectivity index (χ0v) is 24.6. The van der Waals surface area contributed by atoms with Crippen molar-refractivity contribution in [2.45, 2.75) is 13.5 Å². The predicted octanol–water partition coefficient (Wildman–Crippen LogP) is 8.85. The van der Waals surface area contributed by atoms with Crippen LogP contribution in [-0.4, -0.2) is 34.3 Å². The first-order valence-electron chi connectivity index (χ1n) is 13.3. The normalized spacial score (nSPS) is 11.1. The molecule has 0 unspecified atom stereocenters. The Morgan fingerprint density at radius 2 is 1.67 bits per heavy atom. The summed E-state index contributed by atoms with van der Waals surface area (Å²) in [6, 6.07) is 26.1. The van der Waals surface area contributed by atoms with Gasteiger partial charge in [-0.15, -0.1) is 0 Å². The lowest BCUT2D eigenvalue weighted by atomic mass is 10.0. The number of carboxylic acids is 1. The van der Waals surface area contributed by atoms with E-state index in [2.05, 4.69) is 6.07 Å². The third-order valence-corrected chi connectivity index (χ3v) is 7.26. The van der Waals surface area contributed by atoms with E-state index in [1.165, 1.54) is 0 Å². The predicted molar refractivity (Wildman–Crippen MR) is 169 cm³/mol. The van der Waals surface area contributed by atoms with Gasteiger partial charge in [0.1, 0.15) is 17.3 Å². The molecule has 1 aromatic heterocycles. The molecule has 0 saturated heterocycles. The van der Waals surface area contributed by atoms with Crippen molar-refractivity contribution in [2.75, 3.05) is 13.7 Å². The van der Waals surface area contributed by atoms with E-state index in [0.717, 1.165) is 39.3 Å². The van der Waals surface area contributed by atoms with Crippen molar-refractivity contribution in [3.63, 3.8) is 0 Å². The number of hydrogen-bond acceptors (Lipinski definition) is 4. The Morgan fingerprint density at radius 1 is 0.929 bits per heavy atom. The highest BCUT2D eigenvalue weighted by Gasteiger charge is 2.13. The second kappa shape index (κ2) is 13.0. The van der Waals surface area contributed by atoms with Gasteiger partial charge in [-0.25, -0.2) is 9.78 Å². The molecule has 8 heteroatoms. The van der Waals surface area contributed by atoms with Crippen molar-refractivity contribution in [2.24, 2.45) is 0 Å². The van der Waals surface area contributed by atoms with Crippen LogP contribution in [0.2, 0.25) is 10.0 Å². The van der Waals surface area contributed by atoms with Crippen LogP contribution in [0.3, 0.4) is 0 Å². The summed E-state index contributed by atoms with van der Waals surface area (Å²) >= 11 is 12.6. The summed E-state index contributed by atoms with van der Waals surface area (Å²) in [4.78, 5) is 16.2. The minimum Gasteiger partial charge on any atom is -0.496 e. The van der Waals surface area contributed by atoms with Gasteiger partial charge in [-0.1, -0.05) is 53.5 Å². The smallest absolute Gasteiger partial charge is 0.335 e. The first kappa shape index (κ1) is 29.0. The Morgan fingerprint density at radius 3 is 2.33 bits per heavy atom. The van der Waals surface area contributed by atoms with Crippen LogP contribution < -0.4 is 9.47 Å². The van der Waals surface area contributed by atoms with Crippen molar-refractivity contribution >= 4 is 41.3 Å². The number of imidazole rings is 1. The monoisotopic (exact) mass is 598 g/mol. The van der Waals surface area contributed by atoms with Gasteiger partial charge in [-0.2, -0.15) is 0 Å². The number of carboxylic acid groups (broad SMARTS) is 1. The third-order valence-electron chi connectivity index (χ3n) is 6.71. The Balaban J connectivity index is 1.52. The van der Waals surface area contributed by atoms with E-state index in [9.17, 15) is 9.90 Å². The van der Waals surface area contributed by atoms with Crippen LogP contribution in [0.15, 0.2) is 91.1 Å². The van der Waals surface area contributed by atoms with Gasteiger partial charge in [0.2, 0.25) is 0 Å². The maximum Gasteiger partial charge on any atom is 0.335 e. The fraction of sp³-hybridized carbons (Fsp3) is 0.118. The minimum atomic E-state index is -0.964. The van der Waals surface area contributed by atoms with Crippen LogP contribution in [0.4, 0.5) is 0 Å². The molecule has 5 rings (SSSR count). The van der Waals surface area contributed by atoms with Gasteiger partial charge in [0.05, 0.1) is 30.0 Å². The van der Waals surface area contributed by atoms with E-state index in [1.54, 1.807) is 43.5 Å². The molecule has 1 heterocycles. The second-order valence-electron chi connectivity index (χ2n) is 9.49. The molecule has 0 saturated carbocycles. The average Bonchev–Trinajstić information content (AvgIpc) is 3.38. The van der Waals surface area contributed by atoms with Crippen molar-refractivity contribution in [3.8, 4) is 33.9 Å². The summed E-state index contributed by atoms with van der Waals surface area (Å²) in [7, 11) is 1.64. The quantitative estimate of drug-likeness (QED) is 0.174. The highest BCUT2D eigenvalue weighted by Crippen LogP contribution is 2.32. The van der Waals surface area contributed by atoms with Crippen LogP contribution in [0.1, 0.15) is 34.2 Å². The molecule has 0 aliphatic carbocycles. The molecule has 0 bridgehead atoms. The first-order chi connectivity index (χ1) is 20.3. The molecule has 0 spiro atoms. The molecule has 0 atom stereocenters. The second-order valence-corrected chi connectivity index (χ2v) is 10.3. The Bertz CT molecular complexity index is 1740. The number of nitrogens with zero attached hydrogens (tertiary/aromatic N) is 2. The van der Waals surface area contributed by atoms with Gasteiger partial charge in [-0.05, 0) is 90.4 Å². The molecule has 0 fully saturated rings. The lowest BCUT2D eigenvalue weighted by molar-refractivity contribution is 0.0697. The molecule has 0 radical (unpaired) electrons. The van der Waals surface area contributed by atoms with Crippen LogP contribution >= 0.6 is 23.2 Å². The molecule has 5 aromatic rings. The van der Waals surface area contributed by atoms with Gasteiger partial charge in [0.15, 0.2) is 0 Å². The van der Waals surface area contributed by atoms with Crippen LogP contribution in [0, 0.1) is 0 Å².